The van der Waals surface area contributed by atoms with Crippen molar-refractivity contribution >= 4 is 17.7 Å². The maximum Gasteiger partial charge on any atom is 0.335 e. The second kappa shape index (κ2) is 5.22. The van der Waals surface area contributed by atoms with Crippen LogP contribution in [0.15, 0.2) is 34.4 Å². The monoisotopic (exact) mass is 263 g/mol. The molecule has 0 aliphatic carbocycles. The molecule has 18 heavy (non-hydrogen) atoms. The van der Waals surface area contributed by atoms with Crippen LogP contribution in [-0.2, 0) is 13.5 Å². The van der Waals surface area contributed by atoms with Crippen molar-refractivity contribution in [2.75, 3.05) is 0 Å². The molecule has 2 aromatic rings. The molecule has 0 unspecified atom stereocenters. The van der Waals surface area contributed by atoms with Gasteiger partial charge in [0, 0.05) is 18.9 Å². The lowest BCUT2D eigenvalue weighted by Crippen LogP contribution is -2.00. The van der Waals surface area contributed by atoms with Crippen LogP contribution in [0, 0.1) is 0 Å². The molecule has 0 radical (unpaired) electrons. The van der Waals surface area contributed by atoms with Crippen molar-refractivity contribution in [2.45, 2.75) is 23.3 Å². The Balaban J connectivity index is 2.32. The van der Waals surface area contributed by atoms with E-state index in [0.29, 0.717) is 11.4 Å². The number of carbonyl (C=O) groups is 1. The predicted molar refractivity (Wildman–Crippen MR) is 67.9 cm³/mol. The first-order chi connectivity index (χ1) is 8.58. The highest BCUT2D eigenvalue weighted by atomic mass is 32.2. The van der Waals surface area contributed by atoms with E-state index in [2.05, 4.69) is 10.1 Å². The van der Waals surface area contributed by atoms with Crippen molar-refractivity contribution in [1.29, 1.82) is 0 Å². The summed E-state index contributed by atoms with van der Waals surface area (Å²) >= 11 is 1.41. The number of nitrogens with zero attached hydrogens (tertiary/aromatic N) is 3. The fourth-order valence-electron chi connectivity index (χ4n) is 1.49. The molecular formula is C12H13N3O2S. The van der Waals surface area contributed by atoms with E-state index in [1.165, 1.54) is 11.8 Å². The first kappa shape index (κ1) is 12.6. The molecule has 2 aromatic heterocycles. The van der Waals surface area contributed by atoms with Gasteiger partial charge in [-0.3, -0.25) is 4.68 Å². The van der Waals surface area contributed by atoms with Gasteiger partial charge < -0.3 is 5.11 Å². The van der Waals surface area contributed by atoms with Crippen molar-refractivity contribution in [2.24, 2.45) is 7.05 Å². The maximum absolute atomic E-state index is 11.0. The molecule has 0 spiro atoms. The third-order valence-electron chi connectivity index (χ3n) is 2.37. The summed E-state index contributed by atoms with van der Waals surface area (Å²) in [5.41, 5.74) is 1.05. The van der Waals surface area contributed by atoms with Crippen LogP contribution in [0.5, 0.6) is 0 Å². The summed E-state index contributed by atoms with van der Waals surface area (Å²) in [6.07, 6.45) is 4.30. The minimum atomic E-state index is -0.930. The second-order valence-corrected chi connectivity index (χ2v) is 4.89. The fourth-order valence-corrected chi connectivity index (χ4v) is 2.38. The minimum Gasteiger partial charge on any atom is -0.478 e. The zero-order valence-corrected chi connectivity index (χ0v) is 10.9. The molecule has 5 nitrogen and oxygen atoms in total. The Labute approximate surface area is 109 Å². The van der Waals surface area contributed by atoms with E-state index in [4.69, 9.17) is 5.11 Å². The lowest BCUT2D eigenvalue weighted by atomic mass is 10.2. The Hall–Kier alpha value is -1.82. The summed E-state index contributed by atoms with van der Waals surface area (Å²) in [5.74, 6) is -0.930. The average Bonchev–Trinajstić information content (AvgIpc) is 2.74. The Kier molecular flexibility index (Phi) is 3.66. The van der Waals surface area contributed by atoms with Gasteiger partial charge in [0.05, 0.1) is 16.7 Å². The van der Waals surface area contributed by atoms with Crippen molar-refractivity contribution < 1.29 is 9.90 Å². The van der Waals surface area contributed by atoms with Gasteiger partial charge in [0.15, 0.2) is 0 Å². The second-order valence-electron chi connectivity index (χ2n) is 3.80. The number of aryl methyl sites for hydroxylation is 2. The van der Waals surface area contributed by atoms with Crippen LogP contribution in [0.2, 0.25) is 0 Å². The SMILES string of the molecule is CCc1cc(C(=O)O)cc(Sc2cnn(C)c2)n1. The number of aromatic carboxylic acids is 1. The summed E-state index contributed by atoms with van der Waals surface area (Å²) in [7, 11) is 1.84. The number of rotatable bonds is 4. The number of carboxylic acids is 1. The van der Waals surface area contributed by atoms with E-state index in [1.54, 1.807) is 23.0 Å². The average molecular weight is 263 g/mol. The van der Waals surface area contributed by atoms with Gasteiger partial charge in [-0.2, -0.15) is 5.10 Å². The van der Waals surface area contributed by atoms with Gasteiger partial charge in [-0.1, -0.05) is 18.7 Å². The van der Waals surface area contributed by atoms with Crippen LogP contribution in [0.4, 0.5) is 0 Å². The van der Waals surface area contributed by atoms with Crippen LogP contribution in [0.25, 0.3) is 0 Å². The van der Waals surface area contributed by atoms with Gasteiger partial charge in [0.2, 0.25) is 0 Å². The van der Waals surface area contributed by atoms with Crippen LogP contribution >= 0.6 is 11.8 Å². The molecule has 1 N–H and O–H groups in total. The highest BCUT2D eigenvalue weighted by Gasteiger charge is 2.09. The third-order valence-corrected chi connectivity index (χ3v) is 3.23. The zero-order valence-electron chi connectivity index (χ0n) is 10.1. The van der Waals surface area contributed by atoms with Crippen molar-refractivity contribution in [3.05, 3.63) is 35.8 Å². The molecule has 0 fully saturated rings. The van der Waals surface area contributed by atoms with Crippen LogP contribution in [0.3, 0.4) is 0 Å². The number of hydrogen-bond donors (Lipinski definition) is 1. The zero-order chi connectivity index (χ0) is 13.1. The molecule has 0 saturated carbocycles. The molecule has 0 aromatic carbocycles. The van der Waals surface area contributed by atoms with E-state index in [0.717, 1.165) is 10.6 Å². The maximum atomic E-state index is 11.0. The molecule has 0 aliphatic rings. The molecule has 0 amide bonds. The smallest absolute Gasteiger partial charge is 0.335 e. The fraction of sp³-hybridized carbons (Fsp3) is 0.250. The summed E-state index contributed by atoms with van der Waals surface area (Å²) < 4.78 is 1.70. The van der Waals surface area contributed by atoms with Crippen molar-refractivity contribution in [1.82, 2.24) is 14.8 Å². The molecule has 6 heteroatoms. The molecule has 0 bridgehead atoms. The Bertz CT molecular complexity index is 580. The summed E-state index contributed by atoms with van der Waals surface area (Å²) in [6.45, 7) is 1.95. The number of aromatic nitrogens is 3. The van der Waals surface area contributed by atoms with Crippen LogP contribution < -0.4 is 0 Å². The quantitative estimate of drug-likeness (QED) is 0.916. The van der Waals surface area contributed by atoms with Crippen LogP contribution in [-0.4, -0.2) is 25.8 Å². The minimum absolute atomic E-state index is 0.272. The molecule has 2 heterocycles. The number of carboxylic acid groups (broad SMARTS) is 1. The van der Waals surface area contributed by atoms with Gasteiger partial charge in [0.1, 0.15) is 5.03 Å². The summed E-state index contributed by atoms with van der Waals surface area (Å²) in [6, 6.07) is 3.19. The lowest BCUT2D eigenvalue weighted by Gasteiger charge is -2.03. The van der Waals surface area contributed by atoms with E-state index in [-0.39, 0.29) is 5.56 Å². The molecule has 94 valence electrons. The molecule has 0 saturated heterocycles. The van der Waals surface area contributed by atoms with Crippen LogP contribution in [0.1, 0.15) is 23.0 Å². The molecule has 2 rings (SSSR count). The van der Waals surface area contributed by atoms with Gasteiger partial charge >= 0.3 is 5.97 Å². The van der Waals surface area contributed by atoms with Gasteiger partial charge in [-0.05, 0) is 18.6 Å². The van der Waals surface area contributed by atoms with Crippen molar-refractivity contribution in [3.8, 4) is 0 Å². The van der Waals surface area contributed by atoms with Crippen molar-refractivity contribution in [3.63, 3.8) is 0 Å². The first-order valence-electron chi connectivity index (χ1n) is 5.49. The Morgan fingerprint density at radius 2 is 2.28 bits per heavy atom. The van der Waals surface area contributed by atoms with E-state index >= 15 is 0 Å². The first-order valence-corrected chi connectivity index (χ1v) is 6.31. The van der Waals surface area contributed by atoms with Gasteiger partial charge in [-0.15, -0.1) is 0 Å². The summed E-state index contributed by atoms with van der Waals surface area (Å²) in [4.78, 5) is 16.4. The highest BCUT2D eigenvalue weighted by Crippen LogP contribution is 2.26. The third kappa shape index (κ3) is 2.89. The molecular weight excluding hydrogens is 250 g/mol. The number of pyridine rings is 1. The number of hydrogen-bond acceptors (Lipinski definition) is 4. The Morgan fingerprint density at radius 1 is 1.50 bits per heavy atom. The summed E-state index contributed by atoms with van der Waals surface area (Å²) in [5, 5.41) is 13.8. The van der Waals surface area contributed by atoms with E-state index < -0.39 is 5.97 Å². The molecule has 0 aliphatic heterocycles. The van der Waals surface area contributed by atoms with E-state index in [1.807, 2.05) is 20.2 Å². The normalized spacial score (nSPS) is 10.6. The lowest BCUT2D eigenvalue weighted by molar-refractivity contribution is 0.0696. The molecule has 0 atom stereocenters. The highest BCUT2D eigenvalue weighted by molar-refractivity contribution is 7.99. The van der Waals surface area contributed by atoms with E-state index in [9.17, 15) is 4.79 Å². The van der Waals surface area contributed by atoms with Gasteiger partial charge in [-0.25, -0.2) is 9.78 Å². The topological polar surface area (TPSA) is 68.0 Å². The standard InChI is InChI=1S/C12H13N3O2S/c1-3-9-4-8(12(16)17)5-11(14-9)18-10-6-13-15(2)7-10/h4-7H,3H2,1-2H3,(H,16,17). The van der Waals surface area contributed by atoms with Gasteiger partial charge in [0.25, 0.3) is 0 Å². The Morgan fingerprint density at radius 3 is 2.83 bits per heavy atom. The predicted octanol–water partition coefficient (Wildman–Crippen LogP) is 2.23. The largest absolute Gasteiger partial charge is 0.478 e.